The van der Waals surface area contributed by atoms with E-state index >= 15 is 0 Å². The fraction of sp³-hybridized carbons (Fsp3) is 0.636. The van der Waals surface area contributed by atoms with Crippen molar-refractivity contribution in [1.82, 2.24) is 5.32 Å². The first-order valence-corrected chi connectivity index (χ1v) is 7.41. The van der Waals surface area contributed by atoms with Crippen LogP contribution < -0.4 is 5.32 Å². The van der Waals surface area contributed by atoms with Crippen LogP contribution in [0, 0.1) is 2.88 Å². The molecule has 0 saturated heterocycles. The molecule has 6 heteroatoms. The lowest BCUT2D eigenvalue weighted by Crippen LogP contribution is -2.38. The quantitative estimate of drug-likeness (QED) is 0.796. The summed E-state index contributed by atoms with van der Waals surface area (Å²) < 4.78 is 27.2. The van der Waals surface area contributed by atoms with Crippen molar-refractivity contribution in [3.8, 4) is 0 Å². The average molecular weight is 373 g/mol. The first-order valence-electron chi connectivity index (χ1n) is 5.52. The minimum atomic E-state index is -3.03. The molecule has 1 unspecified atom stereocenters. The van der Waals surface area contributed by atoms with Crippen molar-refractivity contribution in [2.45, 2.75) is 31.2 Å². The number of aliphatic hydroxyl groups is 1. The topological polar surface area (TPSA) is 32.3 Å². The third kappa shape index (κ3) is 3.36. The molecule has 0 aliphatic heterocycles. The lowest BCUT2D eigenvalue weighted by atomic mass is 9.94. The van der Waals surface area contributed by atoms with E-state index in [2.05, 4.69) is 34.0 Å². The molecule has 2 nitrogen and oxygen atoms in total. The first kappa shape index (κ1) is 13.6. The molecule has 0 aromatic carbocycles. The molecular weight excluding hydrogens is 359 g/mol. The molecule has 96 valence electrons. The van der Waals surface area contributed by atoms with Gasteiger partial charge in [-0.1, -0.05) is 0 Å². The van der Waals surface area contributed by atoms with Gasteiger partial charge >= 0.3 is 0 Å². The molecule has 0 spiro atoms. The van der Waals surface area contributed by atoms with E-state index in [1.165, 1.54) is 13.3 Å². The predicted molar refractivity (Wildman–Crippen MR) is 72.8 cm³/mol. The van der Waals surface area contributed by atoms with Crippen molar-refractivity contribution in [2.24, 2.45) is 0 Å². The lowest BCUT2D eigenvalue weighted by Gasteiger charge is -2.25. The van der Waals surface area contributed by atoms with Gasteiger partial charge in [0.15, 0.2) is 0 Å². The first-order chi connectivity index (χ1) is 8.02. The normalized spacial score (nSPS) is 20.4. The highest BCUT2D eigenvalue weighted by molar-refractivity contribution is 14.1. The zero-order valence-electron chi connectivity index (χ0n) is 9.18. The maximum atomic E-state index is 13.0. The highest BCUT2D eigenvalue weighted by Gasteiger charge is 2.30. The molecule has 1 heterocycles. The molecule has 1 aromatic rings. The minimum absolute atomic E-state index is 0.0101. The number of alkyl halides is 2. The Morgan fingerprint density at radius 1 is 1.59 bits per heavy atom. The zero-order valence-corrected chi connectivity index (χ0v) is 12.2. The van der Waals surface area contributed by atoms with Gasteiger partial charge in [0.1, 0.15) is 6.61 Å². The molecule has 0 bridgehead atoms. The smallest absolute Gasteiger partial charge is 0.282 e. The van der Waals surface area contributed by atoms with Crippen molar-refractivity contribution >= 4 is 33.9 Å². The lowest BCUT2D eigenvalue weighted by molar-refractivity contribution is -0.0496. The van der Waals surface area contributed by atoms with Gasteiger partial charge in [-0.2, -0.15) is 0 Å². The summed E-state index contributed by atoms with van der Waals surface area (Å²) in [6.45, 7) is -1.55. The van der Waals surface area contributed by atoms with Gasteiger partial charge in [0.25, 0.3) is 5.92 Å². The van der Waals surface area contributed by atoms with Crippen molar-refractivity contribution in [2.75, 3.05) is 13.2 Å². The van der Waals surface area contributed by atoms with Crippen molar-refractivity contribution in [3.63, 3.8) is 0 Å². The molecule has 0 radical (unpaired) electrons. The largest absolute Gasteiger partial charge is 0.390 e. The molecule has 2 rings (SSSR count). The van der Waals surface area contributed by atoms with Crippen LogP contribution in [0.4, 0.5) is 8.78 Å². The molecule has 0 fully saturated rings. The van der Waals surface area contributed by atoms with Crippen LogP contribution in [0.15, 0.2) is 6.07 Å². The average Bonchev–Trinajstić information content (AvgIpc) is 2.67. The number of thiophene rings is 1. The third-order valence-corrected chi connectivity index (χ3v) is 4.89. The van der Waals surface area contributed by atoms with Crippen LogP contribution in [0.1, 0.15) is 29.3 Å². The Morgan fingerprint density at radius 3 is 3.06 bits per heavy atom. The SMILES string of the molecule is OCC(F)(F)CNC1CCCc2sc(I)cc21. The van der Waals surface area contributed by atoms with Gasteiger partial charge < -0.3 is 10.4 Å². The molecule has 1 atom stereocenters. The van der Waals surface area contributed by atoms with Crippen LogP contribution in [0.25, 0.3) is 0 Å². The highest BCUT2D eigenvalue weighted by atomic mass is 127. The number of fused-ring (bicyclic) bond motifs is 1. The standard InChI is InChI=1S/C11H14F2INOS/c12-11(13,6-16)5-15-8-2-1-3-9-7(8)4-10(14)17-9/h4,8,15-16H,1-3,5-6H2. The van der Waals surface area contributed by atoms with E-state index in [0.29, 0.717) is 0 Å². The number of rotatable bonds is 4. The van der Waals surface area contributed by atoms with E-state index in [4.69, 9.17) is 5.11 Å². The minimum Gasteiger partial charge on any atom is -0.390 e. The number of halogens is 3. The van der Waals surface area contributed by atoms with E-state index in [-0.39, 0.29) is 6.04 Å². The summed E-state index contributed by atoms with van der Waals surface area (Å²) in [5.41, 5.74) is 1.17. The Bertz CT molecular complexity index is 397. The van der Waals surface area contributed by atoms with Gasteiger partial charge in [-0.15, -0.1) is 11.3 Å². The van der Waals surface area contributed by atoms with Gasteiger partial charge in [0.05, 0.1) is 9.43 Å². The summed E-state index contributed by atoms with van der Waals surface area (Å²) in [4.78, 5) is 1.31. The second-order valence-corrected chi connectivity index (χ2v) is 7.30. The summed E-state index contributed by atoms with van der Waals surface area (Å²) in [7, 11) is 0. The Morgan fingerprint density at radius 2 is 2.35 bits per heavy atom. The van der Waals surface area contributed by atoms with Gasteiger partial charge in [-0.25, -0.2) is 8.78 Å². The monoisotopic (exact) mass is 373 g/mol. The summed E-state index contributed by atoms with van der Waals surface area (Å²) in [6.07, 6.45) is 2.98. The third-order valence-electron chi connectivity index (χ3n) is 2.92. The van der Waals surface area contributed by atoms with Crippen molar-refractivity contribution < 1.29 is 13.9 Å². The molecular formula is C11H14F2INOS. The van der Waals surface area contributed by atoms with Gasteiger partial charge in [0, 0.05) is 10.9 Å². The van der Waals surface area contributed by atoms with Gasteiger partial charge in [0.2, 0.25) is 0 Å². The van der Waals surface area contributed by atoms with Crippen LogP contribution in [0.3, 0.4) is 0 Å². The van der Waals surface area contributed by atoms with E-state index in [1.54, 1.807) is 11.3 Å². The number of aliphatic hydroxyl groups excluding tert-OH is 1. The van der Waals surface area contributed by atoms with Crippen molar-refractivity contribution in [3.05, 3.63) is 19.4 Å². The molecule has 0 saturated carbocycles. The molecule has 1 aliphatic rings. The second-order valence-electron chi connectivity index (χ2n) is 4.27. The summed E-state index contributed by atoms with van der Waals surface area (Å²) >= 11 is 4.01. The van der Waals surface area contributed by atoms with E-state index in [9.17, 15) is 8.78 Å². The van der Waals surface area contributed by atoms with E-state index < -0.39 is 19.1 Å². The van der Waals surface area contributed by atoms with Crippen LogP contribution >= 0.6 is 33.9 Å². The fourth-order valence-corrected chi connectivity index (χ4v) is 4.18. The van der Waals surface area contributed by atoms with Crippen LogP contribution in [0.2, 0.25) is 0 Å². The predicted octanol–water partition coefficient (Wildman–Crippen LogP) is 2.95. The zero-order chi connectivity index (χ0) is 12.5. The maximum absolute atomic E-state index is 13.0. The summed E-state index contributed by atoms with van der Waals surface area (Å²) in [6, 6.07) is 2.09. The van der Waals surface area contributed by atoms with Crippen LogP contribution in [0.5, 0.6) is 0 Å². The van der Waals surface area contributed by atoms with Crippen molar-refractivity contribution in [1.29, 1.82) is 0 Å². The van der Waals surface area contributed by atoms with Crippen LogP contribution in [-0.4, -0.2) is 24.2 Å². The molecule has 17 heavy (non-hydrogen) atoms. The van der Waals surface area contributed by atoms with Gasteiger partial charge in [-0.3, -0.25) is 0 Å². The maximum Gasteiger partial charge on any atom is 0.282 e. The Hall–Kier alpha value is 0.210. The number of hydrogen-bond acceptors (Lipinski definition) is 3. The molecule has 2 N–H and O–H groups in total. The van der Waals surface area contributed by atoms with E-state index in [1.807, 2.05) is 0 Å². The Labute approximate surface area is 117 Å². The molecule has 1 aliphatic carbocycles. The van der Waals surface area contributed by atoms with Gasteiger partial charge in [-0.05, 0) is 53.5 Å². The fourth-order valence-electron chi connectivity index (χ4n) is 2.06. The summed E-state index contributed by atoms with van der Waals surface area (Å²) in [5.74, 6) is -3.03. The second kappa shape index (κ2) is 5.46. The van der Waals surface area contributed by atoms with E-state index in [0.717, 1.165) is 19.3 Å². The number of aryl methyl sites for hydroxylation is 1. The summed E-state index contributed by atoms with van der Waals surface area (Å²) in [5, 5.41) is 11.4. The van der Waals surface area contributed by atoms with Crippen LogP contribution in [-0.2, 0) is 6.42 Å². The molecule has 0 amide bonds. The molecule has 1 aromatic heterocycles. The number of nitrogens with one attached hydrogen (secondary N) is 1. The highest BCUT2D eigenvalue weighted by Crippen LogP contribution is 2.36. The number of hydrogen-bond donors (Lipinski definition) is 2. The Balaban J connectivity index is 2.03. The Kier molecular flexibility index (Phi) is 4.38.